The van der Waals surface area contributed by atoms with Crippen LogP contribution in [0.3, 0.4) is 0 Å². The fourth-order valence-corrected chi connectivity index (χ4v) is 1.01. The Labute approximate surface area is 61.3 Å². The highest BCUT2D eigenvalue weighted by atomic mass is 32.2. The Bertz CT molecular complexity index is 45.4. The summed E-state index contributed by atoms with van der Waals surface area (Å²) < 4.78 is -0.366. The van der Waals surface area contributed by atoms with Crippen molar-refractivity contribution >= 4 is 37.9 Å². The Morgan fingerprint density at radius 2 is 1.71 bits per heavy atom. The first kappa shape index (κ1) is 8.05. The molecule has 0 saturated heterocycles. The van der Waals surface area contributed by atoms with Gasteiger partial charge in [0.25, 0.3) is 0 Å². The van der Waals surface area contributed by atoms with Gasteiger partial charge in [-0.05, 0) is 6.42 Å². The SMILES string of the molecule is CCCC(S)(S)S. The maximum atomic E-state index is 4.06. The van der Waals surface area contributed by atoms with Crippen LogP contribution >= 0.6 is 37.9 Å². The topological polar surface area (TPSA) is 0 Å². The molecule has 0 aliphatic rings. The fraction of sp³-hybridized carbons (Fsp3) is 1.00. The molecule has 0 spiro atoms. The fourth-order valence-electron chi connectivity index (χ4n) is 0.335. The predicted octanol–water partition coefficient (Wildman–Crippen LogP) is 2.23. The molecular weight excluding hydrogens is 144 g/mol. The van der Waals surface area contributed by atoms with Gasteiger partial charge in [0.1, 0.15) is 0 Å². The average Bonchev–Trinajstić information content (AvgIpc) is 1.30. The average molecular weight is 154 g/mol. The van der Waals surface area contributed by atoms with Crippen molar-refractivity contribution in [2.75, 3.05) is 0 Å². The van der Waals surface area contributed by atoms with E-state index in [0.717, 1.165) is 12.8 Å². The van der Waals surface area contributed by atoms with E-state index in [2.05, 4.69) is 44.8 Å². The summed E-state index contributed by atoms with van der Waals surface area (Å²) in [7, 11) is 0. The normalized spacial score (nSPS) is 12.0. The second kappa shape index (κ2) is 3.15. The summed E-state index contributed by atoms with van der Waals surface area (Å²) >= 11 is 12.2. The molecule has 44 valence electrons. The van der Waals surface area contributed by atoms with Crippen LogP contribution in [0.1, 0.15) is 19.8 Å². The monoisotopic (exact) mass is 154 g/mol. The van der Waals surface area contributed by atoms with Crippen molar-refractivity contribution in [3.05, 3.63) is 0 Å². The number of rotatable bonds is 2. The van der Waals surface area contributed by atoms with Gasteiger partial charge in [-0.2, -0.15) is 37.9 Å². The second-order valence-electron chi connectivity index (χ2n) is 1.52. The smallest absolute Gasteiger partial charge is 0.0980 e. The lowest BCUT2D eigenvalue weighted by atomic mass is 10.4. The molecule has 0 nitrogen and oxygen atoms in total. The third-order valence-corrected chi connectivity index (χ3v) is 1.26. The lowest BCUT2D eigenvalue weighted by molar-refractivity contribution is 0.852. The van der Waals surface area contributed by atoms with Crippen molar-refractivity contribution < 1.29 is 0 Å². The molecule has 0 rings (SSSR count). The van der Waals surface area contributed by atoms with Gasteiger partial charge < -0.3 is 0 Å². The van der Waals surface area contributed by atoms with Crippen LogP contribution in [0.15, 0.2) is 0 Å². The first-order valence-electron chi connectivity index (χ1n) is 2.23. The molecule has 0 radical (unpaired) electrons. The Balaban J connectivity index is 3.15. The molecule has 0 heterocycles. The van der Waals surface area contributed by atoms with E-state index in [4.69, 9.17) is 0 Å². The van der Waals surface area contributed by atoms with Gasteiger partial charge in [-0.15, -0.1) is 0 Å². The minimum absolute atomic E-state index is 0.366. The van der Waals surface area contributed by atoms with Gasteiger partial charge in [0.2, 0.25) is 0 Å². The third kappa shape index (κ3) is 7.05. The second-order valence-corrected chi connectivity index (χ2v) is 4.87. The Morgan fingerprint density at radius 3 is 1.71 bits per heavy atom. The molecular formula is C4H10S3. The summed E-state index contributed by atoms with van der Waals surface area (Å²) in [5.41, 5.74) is 0. The third-order valence-electron chi connectivity index (χ3n) is 0.585. The molecule has 0 aliphatic heterocycles. The molecule has 0 amide bonds. The lowest BCUT2D eigenvalue weighted by Gasteiger charge is -2.11. The Morgan fingerprint density at radius 1 is 1.29 bits per heavy atom. The molecule has 7 heavy (non-hydrogen) atoms. The summed E-state index contributed by atoms with van der Waals surface area (Å²) in [6, 6.07) is 0. The van der Waals surface area contributed by atoms with Crippen LogP contribution in [0.4, 0.5) is 0 Å². The Kier molecular flexibility index (Phi) is 3.62. The van der Waals surface area contributed by atoms with E-state index in [0.29, 0.717) is 0 Å². The van der Waals surface area contributed by atoms with E-state index in [1.807, 2.05) is 0 Å². The van der Waals surface area contributed by atoms with Crippen molar-refractivity contribution in [2.24, 2.45) is 0 Å². The van der Waals surface area contributed by atoms with Crippen molar-refractivity contribution in [3.63, 3.8) is 0 Å². The highest BCUT2D eigenvalue weighted by Crippen LogP contribution is 2.28. The van der Waals surface area contributed by atoms with Gasteiger partial charge in [-0.3, -0.25) is 0 Å². The van der Waals surface area contributed by atoms with Crippen LogP contribution in [-0.4, -0.2) is 3.41 Å². The van der Waals surface area contributed by atoms with Crippen molar-refractivity contribution in [3.8, 4) is 0 Å². The molecule has 0 aromatic rings. The molecule has 0 bridgehead atoms. The number of thiol groups is 3. The number of hydrogen-bond donors (Lipinski definition) is 3. The zero-order valence-corrected chi connectivity index (χ0v) is 6.94. The van der Waals surface area contributed by atoms with Crippen LogP contribution in [0.25, 0.3) is 0 Å². The predicted molar refractivity (Wildman–Crippen MR) is 44.6 cm³/mol. The molecule has 0 saturated carbocycles. The maximum absolute atomic E-state index is 4.06. The molecule has 0 atom stereocenters. The van der Waals surface area contributed by atoms with E-state index in [-0.39, 0.29) is 3.41 Å². The summed E-state index contributed by atoms with van der Waals surface area (Å²) in [6.45, 7) is 2.08. The lowest BCUT2D eigenvalue weighted by Crippen LogP contribution is -1.99. The molecule has 3 heteroatoms. The Hall–Kier alpha value is 1.05. The quantitative estimate of drug-likeness (QED) is 0.394. The van der Waals surface area contributed by atoms with E-state index < -0.39 is 0 Å². The van der Waals surface area contributed by atoms with Crippen molar-refractivity contribution in [2.45, 2.75) is 23.2 Å². The van der Waals surface area contributed by atoms with Crippen molar-refractivity contribution in [1.29, 1.82) is 0 Å². The van der Waals surface area contributed by atoms with Crippen LogP contribution in [0.5, 0.6) is 0 Å². The van der Waals surface area contributed by atoms with Crippen LogP contribution in [0, 0.1) is 0 Å². The number of hydrogen-bond acceptors (Lipinski definition) is 3. The molecule has 0 fully saturated rings. The van der Waals surface area contributed by atoms with Crippen LogP contribution in [-0.2, 0) is 0 Å². The van der Waals surface area contributed by atoms with E-state index in [1.165, 1.54) is 0 Å². The minimum atomic E-state index is -0.366. The van der Waals surface area contributed by atoms with Crippen molar-refractivity contribution in [1.82, 2.24) is 0 Å². The van der Waals surface area contributed by atoms with E-state index in [9.17, 15) is 0 Å². The first-order valence-corrected chi connectivity index (χ1v) is 3.57. The molecule has 0 N–H and O–H groups in total. The zero-order chi connectivity index (χ0) is 5.91. The minimum Gasteiger partial charge on any atom is -0.151 e. The van der Waals surface area contributed by atoms with Gasteiger partial charge in [0, 0.05) is 0 Å². The molecule has 0 unspecified atom stereocenters. The highest BCUT2D eigenvalue weighted by Gasteiger charge is 2.10. The van der Waals surface area contributed by atoms with Crippen LogP contribution in [0.2, 0.25) is 0 Å². The maximum Gasteiger partial charge on any atom is 0.0980 e. The summed E-state index contributed by atoms with van der Waals surface area (Å²) in [6.07, 6.45) is 2.01. The largest absolute Gasteiger partial charge is 0.151 e. The molecule has 0 aliphatic carbocycles. The summed E-state index contributed by atoms with van der Waals surface area (Å²) in [4.78, 5) is 0. The first-order chi connectivity index (χ1) is 3.06. The van der Waals surface area contributed by atoms with Gasteiger partial charge in [-0.1, -0.05) is 13.3 Å². The van der Waals surface area contributed by atoms with E-state index in [1.54, 1.807) is 0 Å². The van der Waals surface area contributed by atoms with Gasteiger partial charge in [0.15, 0.2) is 0 Å². The van der Waals surface area contributed by atoms with Gasteiger partial charge in [0.05, 0.1) is 3.41 Å². The molecule has 0 aromatic carbocycles. The standard InChI is InChI=1S/C4H10S3/c1-2-3-4(5,6)7/h5-7H,2-3H2,1H3. The zero-order valence-electron chi connectivity index (χ0n) is 4.26. The van der Waals surface area contributed by atoms with Gasteiger partial charge >= 0.3 is 0 Å². The summed E-state index contributed by atoms with van der Waals surface area (Å²) in [5.74, 6) is 0. The van der Waals surface area contributed by atoms with Gasteiger partial charge in [-0.25, -0.2) is 0 Å². The summed E-state index contributed by atoms with van der Waals surface area (Å²) in [5, 5.41) is 0. The molecule has 0 aromatic heterocycles. The highest BCUT2D eigenvalue weighted by molar-refractivity contribution is 8.16. The van der Waals surface area contributed by atoms with E-state index >= 15 is 0 Å². The van der Waals surface area contributed by atoms with Crippen LogP contribution < -0.4 is 0 Å².